The topological polar surface area (TPSA) is 72.9 Å². The summed E-state index contributed by atoms with van der Waals surface area (Å²) in [5, 5.41) is 7.67. The van der Waals surface area contributed by atoms with E-state index in [-0.39, 0.29) is 42.7 Å². The van der Waals surface area contributed by atoms with Gasteiger partial charge >= 0.3 is 0 Å². The van der Waals surface area contributed by atoms with Crippen LogP contribution in [0.2, 0.25) is 0 Å². The number of carbonyl (C=O) groups is 1. The molecule has 1 fully saturated rings. The van der Waals surface area contributed by atoms with E-state index in [9.17, 15) is 4.79 Å². The fraction of sp³-hybridized carbons (Fsp3) is 0.500. The van der Waals surface area contributed by atoms with Gasteiger partial charge in [-0.15, -0.1) is 24.8 Å². The smallest absolute Gasteiger partial charge is 0.223 e. The first-order valence-electron chi connectivity index (χ1n) is 9.13. The molecular formula is C20H30Cl2N4O. The van der Waals surface area contributed by atoms with Gasteiger partial charge in [-0.1, -0.05) is 18.6 Å². The summed E-state index contributed by atoms with van der Waals surface area (Å²) < 4.78 is 1.94. The van der Waals surface area contributed by atoms with Gasteiger partial charge in [-0.05, 0) is 69.8 Å². The van der Waals surface area contributed by atoms with E-state index in [1.54, 1.807) is 0 Å². The summed E-state index contributed by atoms with van der Waals surface area (Å²) >= 11 is 0. The Kier molecular flexibility index (Phi) is 8.79. The van der Waals surface area contributed by atoms with Crippen LogP contribution in [0, 0.1) is 25.7 Å². The first-order chi connectivity index (χ1) is 12.0. The highest BCUT2D eigenvalue weighted by Crippen LogP contribution is 2.31. The van der Waals surface area contributed by atoms with E-state index >= 15 is 0 Å². The summed E-state index contributed by atoms with van der Waals surface area (Å²) in [4.78, 5) is 12.6. The Morgan fingerprint density at radius 2 is 1.93 bits per heavy atom. The largest absolute Gasteiger partial charge is 0.349 e. The minimum atomic E-state index is -0.0129. The van der Waals surface area contributed by atoms with Gasteiger partial charge in [0.15, 0.2) is 0 Å². The first kappa shape index (κ1) is 23.5. The second-order valence-electron chi connectivity index (χ2n) is 7.19. The molecule has 3 atom stereocenters. The van der Waals surface area contributed by atoms with Crippen molar-refractivity contribution in [2.24, 2.45) is 17.6 Å². The molecule has 0 aliphatic heterocycles. The molecule has 0 saturated heterocycles. The molecule has 0 spiro atoms. The lowest BCUT2D eigenvalue weighted by atomic mass is 9.94. The SMILES string of the molecule is Cc1cc(C)n(-c2ccc(C(C)NC(=O)[C@@H]3CCC[C@@H]3CN)cc2)n1.Cl.Cl. The number of halogens is 2. The van der Waals surface area contributed by atoms with Crippen molar-refractivity contribution in [3.05, 3.63) is 47.3 Å². The van der Waals surface area contributed by atoms with Crippen LogP contribution >= 0.6 is 24.8 Å². The molecule has 2 aromatic rings. The Labute approximate surface area is 173 Å². The Balaban J connectivity index is 0.00000182. The lowest BCUT2D eigenvalue weighted by Crippen LogP contribution is -2.36. The standard InChI is InChI=1S/C20H28N4O.2ClH/c1-13-11-14(2)24(23-13)18-9-7-16(8-10-18)15(3)22-20(25)19-6-4-5-17(19)12-21;;/h7-11,15,17,19H,4-6,12,21H2,1-3H3,(H,22,25);2*1H/t15?,17-,19-;;/m1../s1. The minimum absolute atomic E-state index is 0. The zero-order valence-corrected chi connectivity index (χ0v) is 17.8. The molecule has 27 heavy (non-hydrogen) atoms. The number of benzene rings is 1. The second-order valence-corrected chi connectivity index (χ2v) is 7.19. The third kappa shape index (κ3) is 5.24. The van der Waals surface area contributed by atoms with Crippen molar-refractivity contribution in [3.63, 3.8) is 0 Å². The quantitative estimate of drug-likeness (QED) is 0.781. The van der Waals surface area contributed by atoms with Crippen molar-refractivity contribution in [2.45, 2.75) is 46.1 Å². The maximum Gasteiger partial charge on any atom is 0.223 e. The highest BCUT2D eigenvalue weighted by Gasteiger charge is 2.32. The van der Waals surface area contributed by atoms with Crippen LogP contribution in [0.5, 0.6) is 0 Å². The normalized spacial score (nSPS) is 19.7. The highest BCUT2D eigenvalue weighted by atomic mass is 35.5. The number of aromatic nitrogens is 2. The fourth-order valence-corrected chi connectivity index (χ4v) is 3.86. The fourth-order valence-electron chi connectivity index (χ4n) is 3.86. The Bertz CT molecular complexity index is 745. The highest BCUT2D eigenvalue weighted by molar-refractivity contribution is 5.85. The van der Waals surface area contributed by atoms with Crippen LogP contribution in [0.1, 0.15) is 49.2 Å². The minimum Gasteiger partial charge on any atom is -0.349 e. The van der Waals surface area contributed by atoms with E-state index in [0.717, 1.165) is 41.9 Å². The van der Waals surface area contributed by atoms with Gasteiger partial charge in [0, 0.05) is 11.6 Å². The van der Waals surface area contributed by atoms with Crippen LogP contribution in [0.4, 0.5) is 0 Å². The lowest BCUT2D eigenvalue weighted by Gasteiger charge is -2.21. The lowest BCUT2D eigenvalue weighted by molar-refractivity contribution is -0.126. The van der Waals surface area contributed by atoms with Crippen LogP contribution in [-0.4, -0.2) is 22.2 Å². The number of nitrogens with one attached hydrogen (secondary N) is 1. The van der Waals surface area contributed by atoms with Gasteiger partial charge in [0.05, 0.1) is 17.4 Å². The molecule has 1 aromatic carbocycles. The molecule has 1 heterocycles. The molecule has 150 valence electrons. The van der Waals surface area contributed by atoms with E-state index in [2.05, 4.69) is 40.7 Å². The Morgan fingerprint density at radius 1 is 1.26 bits per heavy atom. The van der Waals surface area contributed by atoms with Gasteiger partial charge in [0.25, 0.3) is 0 Å². The summed E-state index contributed by atoms with van der Waals surface area (Å²) in [5.41, 5.74) is 10.1. The summed E-state index contributed by atoms with van der Waals surface area (Å²) in [5.74, 6) is 0.546. The van der Waals surface area contributed by atoms with Crippen molar-refractivity contribution >= 4 is 30.7 Å². The van der Waals surface area contributed by atoms with Crippen molar-refractivity contribution in [1.82, 2.24) is 15.1 Å². The summed E-state index contributed by atoms with van der Waals surface area (Å²) in [6.07, 6.45) is 3.13. The molecule has 1 saturated carbocycles. The maximum absolute atomic E-state index is 12.6. The van der Waals surface area contributed by atoms with E-state index in [4.69, 9.17) is 5.73 Å². The molecule has 7 heteroatoms. The summed E-state index contributed by atoms with van der Waals surface area (Å²) in [6.45, 7) is 6.67. The number of nitrogens with zero attached hydrogens (tertiary/aromatic N) is 2. The predicted octanol–water partition coefficient (Wildman–Crippen LogP) is 3.88. The molecule has 1 amide bonds. The van der Waals surface area contributed by atoms with Gasteiger partial charge < -0.3 is 11.1 Å². The molecule has 1 aliphatic carbocycles. The van der Waals surface area contributed by atoms with Crippen LogP contribution in [0.25, 0.3) is 5.69 Å². The number of rotatable bonds is 5. The number of carbonyl (C=O) groups excluding carboxylic acids is 1. The molecule has 3 N–H and O–H groups in total. The predicted molar refractivity (Wildman–Crippen MR) is 114 cm³/mol. The summed E-state index contributed by atoms with van der Waals surface area (Å²) in [6, 6.07) is 10.3. The number of hydrogen-bond acceptors (Lipinski definition) is 3. The van der Waals surface area contributed by atoms with E-state index in [1.807, 2.05) is 25.5 Å². The van der Waals surface area contributed by atoms with Crippen LogP contribution in [0.3, 0.4) is 0 Å². The third-order valence-corrected chi connectivity index (χ3v) is 5.30. The van der Waals surface area contributed by atoms with Crippen molar-refractivity contribution in [3.8, 4) is 5.69 Å². The summed E-state index contributed by atoms with van der Waals surface area (Å²) in [7, 11) is 0. The van der Waals surface area contributed by atoms with Gasteiger partial charge in [0.1, 0.15) is 0 Å². The van der Waals surface area contributed by atoms with Crippen molar-refractivity contribution in [1.29, 1.82) is 0 Å². The molecule has 3 rings (SSSR count). The zero-order chi connectivity index (χ0) is 18.0. The van der Waals surface area contributed by atoms with E-state index in [1.165, 1.54) is 0 Å². The van der Waals surface area contributed by atoms with Crippen LogP contribution < -0.4 is 11.1 Å². The Hall–Kier alpha value is -1.56. The van der Waals surface area contributed by atoms with Crippen molar-refractivity contribution < 1.29 is 4.79 Å². The van der Waals surface area contributed by atoms with E-state index < -0.39 is 0 Å². The number of amides is 1. The van der Waals surface area contributed by atoms with Gasteiger partial charge in [-0.2, -0.15) is 5.10 Å². The monoisotopic (exact) mass is 412 g/mol. The molecule has 1 unspecified atom stereocenters. The average Bonchev–Trinajstić information content (AvgIpc) is 3.20. The molecule has 1 aliphatic rings. The molecular weight excluding hydrogens is 383 g/mol. The van der Waals surface area contributed by atoms with Gasteiger partial charge in [-0.25, -0.2) is 4.68 Å². The van der Waals surface area contributed by atoms with Crippen molar-refractivity contribution in [2.75, 3.05) is 6.54 Å². The van der Waals surface area contributed by atoms with Crippen LogP contribution in [0.15, 0.2) is 30.3 Å². The molecule has 0 bridgehead atoms. The molecule has 1 aromatic heterocycles. The van der Waals surface area contributed by atoms with Gasteiger partial charge in [-0.3, -0.25) is 4.79 Å². The van der Waals surface area contributed by atoms with E-state index in [0.29, 0.717) is 12.5 Å². The first-order valence-corrected chi connectivity index (χ1v) is 9.13. The average molecular weight is 413 g/mol. The number of nitrogens with two attached hydrogens (primary N) is 1. The molecule has 5 nitrogen and oxygen atoms in total. The van der Waals surface area contributed by atoms with Crippen LogP contribution in [-0.2, 0) is 4.79 Å². The second kappa shape index (κ2) is 10.1. The van der Waals surface area contributed by atoms with Gasteiger partial charge in [0.2, 0.25) is 5.91 Å². The third-order valence-electron chi connectivity index (χ3n) is 5.30. The maximum atomic E-state index is 12.6. The number of hydrogen-bond donors (Lipinski definition) is 2. The molecule has 0 radical (unpaired) electrons. The number of aryl methyl sites for hydroxylation is 2. The zero-order valence-electron chi connectivity index (χ0n) is 16.1. The Morgan fingerprint density at radius 3 is 2.48 bits per heavy atom.